The molecule has 3 rings (SSSR count). The minimum absolute atomic E-state index is 0.200. The van der Waals surface area contributed by atoms with E-state index in [2.05, 4.69) is 9.93 Å². The van der Waals surface area contributed by atoms with Crippen LogP contribution in [0.15, 0.2) is 47.6 Å². The predicted molar refractivity (Wildman–Crippen MR) is 73.2 cm³/mol. The van der Waals surface area contributed by atoms with Crippen molar-refractivity contribution in [2.45, 2.75) is 5.75 Å². The molecule has 1 aliphatic rings. The maximum Gasteiger partial charge on any atom is 0.274 e. The average Bonchev–Trinajstić information content (AvgIpc) is 2.55. The second-order valence-corrected chi connectivity index (χ2v) is 6.18. The number of benzene rings is 2. The molecule has 1 radical (unpaired) electrons. The summed E-state index contributed by atoms with van der Waals surface area (Å²) >= 11 is 0. The topological polar surface area (TPSA) is 60.6 Å². The van der Waals surface area contributed by atoms with Crippen molar-refractivity contribution in [3.8, 4) is 0 Å². The van der Waals surface area contributed by atoms with E-state index < -0.39 is 21.7 Å². The fraction of sp³-hybridized carbons (Fsp3) is 0.0714. The molecule has 2 aromatic rings. The van der Waals surface area contributed by atoms with Crippen LogP contribution in [0.2, 0.25) is 0 Å². The molecule has 0 fully saturated rings. The smallest absolute Gasteiger partial charge is 0.207 e. The maximum absolute atomic E-state index is 13.5. The van der Waals surface area contributed by atoms with Gasteiger partial charge in [0.25, 0.3) is 10.0 Å². The average molecular weight is 307 g/mol. The standard InChI is InChI=1S/C14H9F2N2O2S/c15-11-4-1-9(2-5-11)14-13-7-12(16)6-3-10(13)8-21(19,20)18-17-14/h1-7H,8H2. The minimum atomic E-state index is -3.75. The fourth-order valence-corrected chi connectivity index (χ4v) is 3.01. The Labute approximate surface area is 120 Å². The zero-order valence-corrected chi connectivity index (χ0v) is 11.4. The van der Waals surface area contributed by atoms with Crippen molar-refractivity contribution in [1.82, 2.24) is 4.83 Å². The lowest BCUT2D eigenvalue weighted by molar-refractivity contribution is 0.582. The summed E-state index contributed by atoms with van der Waals surface area (Å²) in [4.78, 5) is 3.32. The van der Waals surface area contributed by atoms with Gasteiger partial charge in [-0.15, -0.1) is 5.10 Å². The highest BCUT2D eigenvalue weighted by Gasteiger charge is 2.24. The summed E-state index contributed by atoms with van der Waals surface area (Å²) in [5.74, 6) is -1.29. The molecule has 0 N–H and O–H groups in total. The molecule has 0 saturated heterocycles. The Balaban J connectivity index is 2.22. The first kappa shape index (κ1) is 13.7. The van der Waals surface area contributed by atoms with E-state index in [1.54, 1.807) is 0 Å². The van der Waals surface area contributed by atoms with Gasteiger partial charge in [0.1, 0.15) is 17.3 Å². The van der Waals surface area contributed by atoms with Gasteiger partial charge in [-0.05, 0) is 42.0 Å². The molecule has 2 aromatic carbocycles. The number of nitrogens with zero attached hydrogens (tertiary/aromatic N) is 2. The van der Waals surface area contributed by atoms with Gasteiger partial charge >= 0.3 is 0 Å². The Kier molecular flexibility index (Phi) is 3.21. The van der Waals surface area contributed by atoms with Crippen LogP contribution < -0.4 is 4.83 Å². The van der Waals surface area contributed by atoms with E-state index in [0.29, 0.717) is 16.7 Å². The molecule has 21 heavy (non-hydrogen) atoms. The monoisotopic (exact) mass is 307 g/mol. The third-order valence-electron chi connectivity index (χ3n) is 3.05. The van der Waals surface area contributed by atoms with Crippen LogP contribution in [0.5, 0.6) is 0 Å². The summed E-state index contributed by atoms with van der Waals surface area (Å²) in [6, 6.07) is 9.09. The highest BCUT2D eigenvalue weighted by atomic mass is 32.2. The van der Waals surface area contributed by atoms with Gasteiger partial charge < -0.3 is 0 Å². The molecule has 1 heterocycles. The lowest BCUT2D eigenvalue weighted by Gasteiger charge is -2.08. The summed E-state index contributed by atoms with van der Waals surface area (Å²) in [5, 5.41) is 3.72. The lowest BCUT2D eigenvalue weighted by atomic mass is 9.98. The Hall–Kier alpha value is -2.28. The molecule has 0 atom stereocenters. The molecular formula is C14H9F2N2O2S. The van der Waals surface area contributed by atoms with E-state index in [0.717, 1.165) is 0 Å². The Morgan fingerprint density at radius 1 is 0.952 bits per heavy atom. The van der Waals surface area contributed by atoms with Gasteiger partial charge in [-0.25, -0.2) is 17.2 Å². The molecule has 0 aromatic heterocycles. The van der Waals surface area contributed by atoms with Crippen molar-refractivity contribution in [3.63, 3.8) is 0 Å². The Bertz CT molecular complexity index is 831. The van der Waals surface area contributed by atoms with Gasteiger partial charge in [0.2, 0.25) is 0 Å². The molecule has 0 amide bonds. The van der Waals surface area contributed by atoms with Gasteiger partial charge in [-0.3, -0.25) is 0 Å². The van der Waals surface area contributed by atoms with Crippen molar-refractivity contribution in [2.75, 3.05) is 0 Å². The van der Waals surface area contributed by atoms with Crippen LogP contribution in [-0.2, 0) is 15.8 Å². The SMILES string of the molecule is O=S1(=O)Cc2ccc(F)cc2C(c2ccc(F)cc2)=N[N]1. The van der Waals surface area contributed by atoms with Gasteiger partial charge in [0.05, 0.1) is 5.75 Å². The van der Waals surface area contributed by atoms with Crippen molar-refractivity contribution in [1.29, 1.82) is 0 Å². The predicted octanol–water partition coefficient (Wildman–Crippen LogP) is 2.17. The minimum Gasteiger partial charge on any atom is -0.207 e. The number of halogens is 2. The van der Waals surface area contributed by atoms with Crippen LogP contribution in [0.1, 0.15) is 16.7 Å². The highest BCUT2D eigenvalue weighted by molar-refractivity contribution is 7.88. The summed E-state index contributed by atoms with van der Waals surface area (Å²) in [7, 11) is -3.75. The molecule has 7 heteroatoms. The first-order valence-electron chi connectivity index (χ1n) is 6.02. The fourth-order valence-electron chi connectivity index (χ4n) is 2.10. The zero-order chi connectivity index (χ0) is 15.0. The van der Waals surface area contributed by atoms with Crippen LogP contribution in [0, 0.1) is 11.6 Å². The summed E-state index contributed by atoms with van der Waals surface area (Å²) in [6.45, 7) is 0. The maximum atomic E-state index is 13.5. The van der Waals surface area contributed by atoms with Crippen LogP contribution in [0.25, 0.3) is 0 Å². The molecule has 0 spiro atoms. The van der Waals surface area contributed by atoms with Gasteiger partial charge in [0.15, 0.2) is 0 Å². The number of hydrogen-bond donors (Lipinski definition) is 0. The molecule has 1 aliphatic heterocycles. The Morgan fingerprint density at radius 3 is 2.33 bits per heavy atom. The zero-order valence-electron chi connectivity index (χ0n) is 10.6. The molecule has 0 saturated carbocycles. The number of fused-ring (bicyclic) bond motifs is 1. The first-order valence-corrected chi connectivity index (χ1v) is 7.63. The van der Waals surface area contributed by atoms with Gasteiger partial charge in [0, 0.05) is 11.1 Å². The Morgan fingerprint density at radius 2 is 1.62 bits per heavy atom. The first-order chi connectivity index (χ1) is 9.94. The second-order valence-electron chi connectivity index (χ2n) is 4.56. The molecular weight excluding hydrogens is 298 g/mol. The van der Waals surface area contributed by atoms with E-state index in [1.165, 1.54) is 42.5 Å². The van der Waals surface area contributed by atoms with Crippen molar-refractivity contribution >= 4 is 15.7 Å². The normalized spacial score (nSPS) is 16.4. The van der Waals surface area contributed by atoms with Gasteiger partial charge in [-0.2, -0.15) is 0 Å². The molecule has 0 unspecified atom stereocenters. The lowest BCUT2D eigenvalue weighted by Crippen LogP contribution is -2.12. The van der Waals surface area contributed by atoms with Crippen LogP contribution in [-0.4, -0.2) is 14.1 Å². The number of sulfonamides is 1. The number of rotatable bonds is 1. The van der Waals surface area contributed by atoms with E-state index >= 15 is 0 Å². The quantitative estimate of drug-likeness (QED) is 0.810. The van der Waals surface area contributed by atoms with E-state index in [1.807, 2.05) is 0 Å². The highest BCUT2D eigenvalue weighted by Crippen LogP contribution is 2.22. The van der Waals surface area contributed by atoms with Crippen LogP contribution in [0.3, 0.4) is 0 Å². The largest absolute Gasteiger partial charge is 0.274 e. The second kappa shape index (κ2) is 4.92. The van der Waals surface area contributed by atoms with Crippen LogP contribution in [0.4, 0.5) is 8.78 Å². The molecule has 0 aliphatic carbocycles. The summed E-state index contributed by atoms with van der Waals surface area (Å²) in [6.07, 6.45) is 0. The van der Waals surface area contributed by atoms with E-state index in [9.17, 15) is 17.2 Å². The van der Waals surface area contributed by atoms with E-state index in [-0.39, 0.29) is 11.5 Å². The summed E-state index contributed by atoms with van der Waals surface area (Å²) in [5.41, 5.74) is 1.40. The molecule has 0 bridgehead atoms. The molecule has 107 valence electrons. The number of hydrogen-bond acceptors (Lipinski definition) is 3. The van der Waals surface area contributed by atoms with Gasteiger partial charge in [-0.1, -0.05) is 10.9 Å². The molecule has 4 nitrogen and oxygen atoms in total. The third kappa shape index (κ3) is 2.78. The van der Waals surface area contributed by atoms with Crippen molar-refractivity contribution < 1.29 is 17.2 Å². The van der Waals surface area contributed by atoms with Crippen molar-refractivity contribution in [3.05, 3.63) is 70.8 Å². The third-order valence-corrected chi connectivity index (χ3v) is 4.05. The van der Waals surface area contributed by atoms with E-state index in [4.69, 9.17) is 0 Å². The summed E-state index contributed by atoms with van der Waals surface area (Å²) < 4.78 is 49.9. The van der Waals surface area contributed by atoms with Crippen LogP contribution >= 0.6 is 0 Å². The van der Waals surface area contributed by atoms with Crippen molar-refractivity contribution in [2.24, 2.45) is 5.10 Å².